The number of esters is 1. The Morgan fingerprint density at radius 3 is 2.50 bits per heavy atom. The Labute approximate surface area is 149 Å². The molecule has 3 nitrogen and oxygen atoms in total. The molecule has 2 atom stereocenters. The maximum absolute atomic E-state index is 13.5. The van der Waals surface area contributed by atoms with Gasteiger partial charge in [-0.25, -0.2) is 4.39 Å². The second kappa shape index (κ2) is 8.07. The third kappa shape index (κ3) is 4.01. The number of hydrogen-bond acceptors (Lipinski definition) is 3. The summed E-state index contributed by atoms with van der Waals surface area (Å²) in [5.41, 5.74) is 2.22. The molecule has 0 saturated carbocycles. The van der Waals surface area contributed by atoms with Gasteiger partial charge in [0.25, 0.3) is 0 Å². The van der Waals surface area contributed by atoms with E-state index in [2.05, 4.69) is 22.0 Å². The first-order valence-corrected chi connectivity index (χ1v) is 8.35. The third-order valence-corrected chi connectivity index (χ3v) is 4.34. The van der Waals surface area contributed by atoms with Crippen molar-refractivity contribution in [3.8, 4) is 6.07 Å². The highest BCUT2D eigenvalue weighted by molar-refractivity contribution is 9.10. The normalized spacial score (nSPS) is 13.0. The molecule has 24 heavy (non-hydrogen) atoms. The molecule has 124 valence electrons. The summed E-state index contributed by atoms with van der Waals surface area (Å²) in [6, 6.07) is 13.8. The molecule has 0 N–H and O–H groups in total. The number of halogens is 2. The quantitative estimate of drug-likeness (QED) is 0.694. The number of nitriles is 1. The highest BCUT2D eigenvalue weighted by Crippen LogP contribution is 2.35. The maximum atomic E-state index is 13.5. The Morgan fingerprint density at radius 1 is 1.29 bits per heavy atom. The van der Waals surface area contributed by atoms with Crippen LogP contribution in [0, 0.1) is 30.0 Å². The van der Waals surface area contributed by atoms with Crippen molar-refractivity contribution in [1.29, 1.82) is 5.26 Å². The van der Waals surface area contributed by atoms with Gasteiger partial charge in [0.1, 0.15) is 5.82 Å². The Balaban J connectivity index is 2.58. The molecular formula is C19H17BrFNO2. The first-order valence-electron chi connectivity index (χ1n) is 7.55. The molecule has 0 saturated heterocycles. The van der Waals surface area contributed by atoms with Crippen molar-refractivity contribution in [2.45, 2.75) is 19.8 Å². The molecule has 0 aliphatic heterocycles. The van der Waals surface area contributed by atoms with Gasteiger partial charge in [-0.15, -0.1) is 0 Å². The SMILES string of the molecule is CCOC(=O)C(C#N)C(c1ccc(Br)cc1)c1ccc(F)cc1C. The van der Waals surface area contributed by atoms with Crippen molar-refractivity contribution < 1.29 is 13.9 Å². The van der Waals surface area contributed by atoms with Crippen molar-refractivity contribution in [2.24, 2.45) is 5.92 Å². The second-order valence-electron chi connectivity index (χ2n) is 5.39. The number of nitrogens with zero attached hydrogens (tertiary/aromatic N) is 1. The van der Waals surface area contributed by atoms with E-state index in [1.165, 1.54) is 12.1 Å². The van der Waals surface area contributed by atoms with Gasteiger partial charge in [0.15, 0.2) is 5.92 Å². The molecule has 0 radical (unpaired) electrons. The van der Waals surface area contributed by atoms with Crippen LogP contribution in [0.4, 0.5) is 4.39 Å². The average molecular weight is 390 g/mol. The van der Waals surface area contributed by atoms with E-state index in [0.29, 0.717) is 5.56 Å². The minimum Gasteiger partial charge on any atom is -0.465 e. The second-order valence-corrected chi connectivity index (χ2v) is 6.30. The fourth-order valence-electron chi connectivity index (χ4n) is 2.71. The summed E-state index contributed by atoms with van der Waals surface area (Å²) in [7, 11) is 0. The highest BCUT2D eigenvalue weighted by atomic mass is 79.9. The van der Waals surface area contributed by atoms with Gasteiger partial charge >= 0.3 is 5.97 Å². The van der Waals surface area contributed by atoms with Gasteiger partial charge in [0.05, 0.1) is 12.7 Å². The Bertz CT molecular complexity index is 768. The van der Waals surface area contributed by atoms with Crippen LogP contribution >= 0.6 is 15.9 Å². The van der Waals surface area contributed by atoms with E-state index < -0.39 is 17.8 Å². The average Bonchev–Trinajstić information content (AvgIpc) is 2.54. The molecule has 0 fully saturated rings. The van der Waals surface area contributed by atoms with Gasteiger partial charge < -0.3 is 4.74 Å². The van der Waals surface area contributed by atoms with E-state index in [1.807, 2.05) is 24.3 Å². The molecule has 2 aromatic carbocycles. The van der Waals surface area contributed by atoms with Gasteiger partial charge in [-0.1, -0.05) is 34.1 Å². The lowest BCUT2D eigenvalue weighted by Gasteiger charge is -2.23. The van der Waals surface area contributed by atoms with Crippen molar-refractivity contribution in [3.63, 3.8) is 0 Å². The molecule has 0 aliphatic carbocycles. The Hall–Kier alpha value is -2.19. The fourth-order valence-corrected chi connectivity index (χ4v) is 2.97. The lowest BCUT2D eigenvalue weighted by molar-refractivity contribution is -0.146. The summed E-state index contributed by atoms with van der Waals surface area (Å²) in [6.45, 7) is 3.67. The zero-order valence-electron chi connectivity index (χ0n) is 13.4. The van der Waals surface area contributed by atoms with E-state index in [4.69, 9.17) is 4.74 Å². The lowest BCUT2D eigenvalue weighted by Crippen LogP contribution is -2.25. The zero-order chi connectivity index (χ0) is 17.7. The topological polar surface area (TPSA) is 50.1 Å². The first kappa shape index (κ1) is 18.2. The number of ether oxygens (including phenoxy) is 1. The van der Waals surface area contributed by atoms with Gasteiger partial charge in [0, 0.05) is 10.4 Å². The monoisotopic (exact) mass is 389 g/mol. The van der Waals surface area contributed by atoms with Crippen molar-refractivity contribution in [1.82, 2.24) is 0 Å². The van der Waals surface area contributed by atoms with Crippen LogP contribution in [0.15, 0.2) is 46.9 Å². The summed E-state index contributed by atoms with van der Waals surface area (Å²) < 4.78 is 19.4. The van der Waals surface area contributed by atoms with Crippen LogP contribution in [0.3, 0.4) is 0 Å². The summed E-state index contributed by atoms with van der Waals surface area (Å²) in [4.78, 5) is 12.3. The summed E-state index contributed by atoms with van der Waals surface area (Å²) in [5.74, 6) is -2.45. The van der Waals surface area contributed by atoms with Gasteiger partial charge in [-0.2, -0.15) is 5.26 Å². The minimum atomic E-state index is -1.00. The smallest absolute Gasteiger partial charge is 0.324 e. The predicted octanol–water partition coefficient (Wildman–Crippen LogP) is 4.73. The Morgan fingerprint density at radius 2 is 1.96 bits per heavy atom. The van der Waals surface area contributed by atoms with Crippen molar-refractivity contribution >= 4 is 21.9 Å². The van der Waals surface area contributed by atoms with E-state index in [0.717, 1.165) is 15.6 Å². The Kier molecular flexibility index (Phi) is 6.10. The number of hydrogen-bond donors (Lipinski definition) is 0. The maximum Gasteiger partial charge on any atom is 0.324 e. The van der Waals surface area contributed by atoms with Crippen LogP contribution in [0.1, 0.15) is 29.5 Å². The summed E-state index contributed by atoms with van der Waals surface area (Å²) in [6.07, 6.45) is 0. The molecule has 5 heteroatoms. The standard InChI is InChI=1S/C19H17BrFNO2/c1-3-24-19(23)17(11-22)18(13-4-6-14(20)7-5-13)16-9-8-15(21)10-12(16)2/h4-10,17-18H,3H2,1-2H3. The van der Waals surface area contributed by atoms with Crippen LogP contribution in [0.2, 0.25) is 0 Å². The van der Waals surface area contributed by atoms with Crippen LogP contribution in [-0.2, 0) is 9.53 Å². The minimum absolute atomic E-state index is 0.201. The highest BCUT2D eigenvalue weighted by Gasteiger charge is 2.33. The van der Waals surface area contributed by atoms with Crippen molar-refractivity contribution in [3.05, 3.63) is 69.4 Å². The number of benzene rings is 2. The fraction of sp³-hybridized carbons (Fsp3) is 0.263. The number of rotatable bonds is 5. The molecule has 0 aromatic heterocycles. The van der Waals surface area contributed by atoms with Gasteiger partial charge in [-0.3, -0.25) is 4.79 Å². The number of aryl methyl sites for hydroxylation is 1. The molecule has 2 unspecified atom stereocenters. The lowest BCUT2D eigenvalue weighted by atomic mass is 9.79. The molecule has 0 bridgehead atoms. The largest absolute Gasteiger partial charge is 0.465 e. The number of carbonyl (C=O) groups excluding carboxylic acids is 1. The molecule has 0 aliphatic rings. The van der Waals surface area contributed by atoms with E-state index in [-0.39, 0.29) is 12.4 Å². The summed E-state index contributed by atoms with van der Waals surface area (Å²) >= 11 is 3.38. The molecule has 2 rings (SSSR count). The van der Waals surface area contributed by atoms with Crippen LogP contribution < -0.4 is 0 Å². The van der Waals surface area contributed by atoms with Crippen molar-refractivity contribution in [2.75, 3.05) is 6.61 Å². The predicted molar refractivity (Wildman–Crippen MR) is 92.9 cm³/mol. The van der Waals surface area contributed by atoms with Gasteiger partial charge in [-0.05, 0) is 54.8 Å². The van der Waals surface area contributed by atoms with Crippen LogP contribution in [-0.4, -0.2) is 12.6 Å². The van der Waals surface area contributed by atoms with E-state index in [1.54, 1.807) is 19.9 Å². The molecule has 0 amide bonds. The van der Waals surface area contributed by atoms with Gasteiger partial charge in [0.2, 0.25) is 0 Å². The van der Waals surface area contributed by atoms with E-state index in [9.17, 15) is 14.4 Å². The first-order chi connectivity index (χ1) is 11.5. The molecular weight excluding hydrogens is 373 g/mol. The summed E-state index contributed by atoms with van der Waals surface area (Å²) in [5, 5.41) is 9.58. The van der Waals surface area contributed by atoms with E-state index >= 15 is 0 Å². The molecule has 2 aromatic rings. The molecule has 0 spiro atoms. The molecule has 0 heterocycles. The van der Waals surface area contributed by atoms with Crippen LogP contribution in [0.25, 0.3) is 0 Å². The van der Waals surface area contributed by atoms with Crippen LogP contribution in [0.5, 0.6) is 0 Å². The number of carbonyl (C=O) groups is 1. The third-order valence-electron chi connectivity index (χ3n) is 3.81. The zero-order valence-corrected chi connectivity index (χ0v) is 15.0.